The molecule has 0 saturated carbocycles. The van der Waals surface area contributed by atoms with Gasteiger partial charge in [-0.1, -0.05) is 6.07 Å². The summed E-state index contributed by atoms with van der Waals surface area (Å²) in [6, 6.07) is 5.63. The van der Waals surface area contributed by atoms with Gasteiger partial charge in [-0.25, -0.2) is 4.68 Å². The molecule has 0 atom stereocenters. The summed E-state index contributed by atoms with van der Waals surface area (Å²) in [5.41, 5.74) is 0.711. The molecule has 0 spiro atoms. The van der Waals surface area contributed by atoms with Crippen LogP contribution in [0.1, 0.15) is 20.8 Å². The van der Waals surface area contributed by atoms with Crippen LogP contribution in [0.3, 0.4) is 0 Å². The van der Waals surface area contributed by atoms with Gasteiger partial charge in [-0.3, -0.25) is 9.89 Å². The molecular weight excluding hydrogens is 208 g/mol. The molecule has 1 N–H and O–H groups in total. The molecule has 3 nitrogen and oxygen atoms in total. The predicted octanol–water partition coefficient (Wildman–Crippen LogP) is 2.66. The lowest BCUT2D eigenvalue weighted by Gasteiger charge is -2.19. The lowest BCUT2D eigenvalue weighted by atomic mass is 10.1. The van der Waals surface area contributed by atoms with Crippen LogP contribution in [0.5, 0.6) is 0 Å². The maximum Gasteiger partial charge on any atom is 0.267 e. The van der Waals surface area contributed by atoms with E-state index in [4.69, 9.17) is 0 Å². The number of aromatic amines is 1. The van der Waals surface area contributed by atoms with Gasteiger partial charge < -0.3 is 0 Å². The lowest BCUT2D eigenvalue weighted by molar-refractivity contribution is 0.346. The van der Waals surface area contributed by atoms with Gasteiger partial charge in [-0.15, -0.1) is 11.3 Å². The highest BCUT2D eigenvalue weighted by Gasteiger charge is 2.17. The first-order chi connectivity index (χ1) is 6.98. The fourth-order valence-corrected chi connectivity index (χ4v) is 2.14. The number of hydrogen-bond donors (Lipinski definition) is 1. The van der Waals surface area contributed by atoms with Gasteiger partial charge in [0, 0.05) is 6.07 Å². The van der Waals surface area contributed by atoms with Crippen molar-refractivity contribution in [3.05, 3.63) is 33.9 Å². The van der Waals surface area contributed by atoms with E-state index in [1.807, 2.05) is 38.3 Å². The van der Waals surface area contributed by atoms with Crippen molar-refractivity contribution in [2.24, 2.45) is 0 Å². The molecule has 0 bridgehead atoms. The molecule has 0 unspecified atom stereocenters. The summed E-state index contributed by atoms with van der Waals surface area (Å²) in [7, 11) is 0. The Balaban J connectivity index is 2.52. The SMILES string of the molecule is CC(C)(C)n1[nH]c(-c2cccs2)cc1=O. The Morgan fingerprint density at radius 2 is 2.13 bits per heavy atom. The van der Waals surface area contributed by atoms with Crippen molar-refractivity contribution in [1.29, 1.82) is 0 Å². The van der Waals surface area contributed by atoms with Gasteiger partial charge in [0.25, 0.3) is 5.56 Å². The Labute approximate surface area is 92.4 Å². The monoisotopic (exact) mass is 222 g/mol. The Morgan fingerprint density at radius 1 is 1.40 bits per heavy atom. The summed E-state index contributed by atoms with van der Waals surface area (Å²) in [6.07, 6.45) is 0. The molecule has 15 heavy (non-hydrogen) atoms. The first-order valence-electron chi connectivity index (χ1n) is 4.85. The van der Waals surface area contributed by atoms with Crippen LogP contribution in [0.15, 0.2) is 28.4 Å². The van der Waals surface area contributed by atoms with Crippen LogP contribution in [0.4, 0.5) is 0 Å². The average Bonchev–Trinajstić information content (AvgIpc) is 2.68. The third kappa shape index (κ3) is 1.90. The van der Waals surface area contributed by atoms with Crippen molar-refractivity contribution >= 4 is 11.3 Å². The maximum absolute atomic E-state index is 11.7. The van der Waals surface area contributed by atoms with E-state index >= 15 is 0 Å². The number of aromatic nitrogens is 2. The van der Waals surface area contributed by atoms with Gasteiger partial charge in [0.05, 0.1) is 16.1 Å². The Bertz CT molecular complexity index is 499. The summed E-state index contributed by atoms with van der Waals surface area (Å²) in [5.74, 6) is 0. The quantitative estimate of drug-likeness (QED) is 0.791. The molecule has 2 aromatic heterocycles. The molecular formula is C11H14N2OS. The molecule has 2 aromatic rings. The Morgan fingerprint density at radius 3 is 2.60 bits per heavy atom. The second-order valence-electron chi connectivity index (χ2n) is 4.49. The Kier molecular flexibility index (Phi) is 2.31. The molecule has 0 fully saturated rings. The highest BCUT2D eigenvalue weighted by atomic mass is 32.1. The van der Waals surface area contributed by atoms with Crippen LogP contribution in [-0.2, 0) is 5.54 Å². The van der Waals surface area contributed by atoms with Crippen LogP contribution in [0.2, 0.25) is 0 Å². The van der Waals surface area contributed by atoms with Crippen molar-refractivity contribution in [1.82, 2.24) is 9.78 Å². The van der Waals surface area contributed by atoms with Crippen LogP contribution in [0.25, 0.3) is 10.6 Å². The molecule has 0 saturated heterocycles. The van der Waals surface area contributed by atoms with E-state index in [-0.39, 0.29) is 11.1 Å². The predicted molar refractivity (Wildman–Crippen MR) is 63.4 cm³/mol. The van der Waals surface area contributed by atoms with Crippen LogP contribution in [-0.4, -0.2) is 9.78 Å². The first-order valence-corrected chi connectivity index (χ1v) is 5.73. The van der Waals surface area contributed by atoms with E-state index in [9.17, 15) is 4.79 Å². The number of thiophene rings is 1. The summed E-state index contributed by atoms with van der Waals surface area (Å²) in [5, 5.41) is 5.14. The van der Waals surface area contributed by atoms with Gasteiger partial charge >= 0.3 is 0 Å². The van der Waals surface area contributed by atoms with Gasteiger partial charge in [-0.2, -0.15) is 0 Å². The number of hydrogen-bond acceptors (Lipinski definition) is 2. The molecule has 2 heterocycles. The molecule has 80 valence electrons. The fraction of sp³-hybridized carbons (Fsp3) is 0.364. The third-order valence-corrected chi connectivity index (χ3v) is 3.08. The number of H-pyrrole nitrogens is 1. The van der Waals surface area contributed by atoms with Crippen molar-refractivity contribution < 1.29 is 0 Å². The van der Waals surface area contributed by atoms with Gasteiger partial charge in [0.1, 0.15) is 0 Å². The van der Waals surface area contributed by atoms with E-state index in [0.29, 0.717) is 0 Å². The number of nitrogens with one attached hydrogen (secondary N) is 1. The zero-order valence-corrected chi connectivity index (χ0v) is 9.89. The average molecular weight is 222 g/mol. The minimum atomic E-state index is -0.202. The smallest absolute Gasteiger partial charge is 0.267 e. The highest BCUT2D eigenvalue weighted by molar-refractivity contribution is 7.13. The Hall–Kier alpha value is -1.29. The minimum absolute atomic E-state index is 0.0194. The van der Waals surface area contributed by atoms with Crippen molar-refractivity contribution in [3.63, 3.8) is 0 Å². The third-order valence-electron chi connectivity index (χ3n) is 2.18. The van der Waals surface area contributed by atoms with E-state index in [0.717, 1.165) is 10.6 Å². The second kappa shape index (κ2) is 3.38. The maximum atomic E-state index is 11.7. The van der Waals surface area contributed by atoms with Crippen LogP contribution in [0, 0.1) is 0 Å². The topological polar surface area (TPSA) is 37.8 Å². The zero-order valence-electron chi connectivity index (χ0n) is 9.07. The van der Waals surface area contributed by atoms with Crippen molar-refractivity contribution in [3.8, 4) is 10.6 Å². The van der Waals surface area contributed by atoms with Crippen molar-refractivity contribution in [2.45, 2.75) is 26.3 Å². The number of nitrogens with zero attached hydrogens (tertiary/aromatic N) is 1. The van der Waals surface area contributed by atoms with E-state index in [1.165, 1.54) is 0 Å². The van der Waals surface area contributed by atoms with Crippen LogP contribution < -0.4 is 5.56 Å². The molecule has 0 aliphatic rings. The normalized spacial score (nSPS) is 11.9. The molecule has 4 heteroatoms. The minimum Gasteiger partial charge on any atom is -0.294 e. The lowest BCUT2D eigenvalue weighted by Crippen LogP contribution is -2.32. The van der Waals surface area contributed by atoms with Crippen LogP contribution >= 0.6 is 11.3 Å². The molecule has 0 aromatic carbocycles. The molecule has 2 rings (SSSR count). The van der Waals surface area contributed by atoms with Gasteiger partial charge in [-0.05, 0) is 32.2 Å². The van der Waals surface area contributed by atoms with Gasteiger partial charge in [0.2, 0.25) is 0 Å². The highest BCUT2D eigenvalue weighted by Crippen LogP contribution is 2.22. The van der Waals surface area contributed by atoms with E-state index < -0.39 is 0 Å². The molecule has 0 amide bonds. The molecule has 0 aliphatic heterocycles. The zero-order chi connectivity index (χ0) is 11.1. The van der Waals surface area contributed by atoms with Gasteiger partial charge in [0.15, 0.2) is 0 Å². The summed E-state index contributed by atoms with van der Waals surface area (Å²) >= 11 is 1.63. The van der Waals surface area contributed by atoms with E-state index in [1.54, 1.807) is 22.1 Å². The molecule has 0 aliphatic carbocycles. The summed E-state index contributed by atoms with van der Waals surface area (Å²) in [4.78, 5) is 12.8. The second-order valence-corrected chi connectivity index (χ2v) is 5.44. The summed E-state index contributed by atoms with van der Waals surface area (Å²) < 4.78 is 1.65. The van der Waals surface area contributed by atoms with E-state index in [2.05, 4.69) is 5.10 Å². The first kappa shape index (κ1) is 10.2. The summed E-state index contributed by atoms with van der Waals surface area (Å²) in [6.45, 7) is 6.01. The standard InChI is InChI=1S/C11H14N2OS/c1-11(2,3)13-10(14)7-8(12-13)9-5-4-6-15-9/h4-7,12H,1-3H3. The number of rotatable bonds is 1. The largest absolute Gasteiger partial charge is 0.294 e. The van der Waals surface area contributed by atoms with Crippen molar-refractivity contribution in [2.75, 3.05) is 0 Å². The fourth-order valence-electron chi connectivity index (χ4n) is 1.45. The molecule has 0 radical (unpaired) electrons.